The fraction of sp³-hybridized carbons (Fsp3) is 0.381. The highest BCUT2D eigenvalue weighted by Gasteiger charge is 2.20. The maximum absolute atomic E-state index is 13.0. The lowest BCUT2D eigenvalue weighted by molar-refractivity contribution is -0.116. The maximum atomic E-state index is 13.0. The molecule has 0 aliphatic rings. The molecule has 0 radical (unpaired) electrons. The van der Waals surface area contributed by atoms with E-state index in [4.69, 9.17) is 0 Å². The molecular weight excluding hydrogens is 393 g/mol. The molecule has 0 atom stereocenters. The number of likely N-dealkylation sites (N-methyl/N-ethyl adjacent to an activating group) is 1. The van der Waals surface area contributed by atoms with E-state index in [0.29, 0.717) is 6.42 Å². The number of benzene rings is 2. The molecule has 0 unspecified atom stereocenters. The van der Waals surface area contributed by atoms with Crippen molar-refractivity contribution < 1.29 is 17.6 Å². The zero-order valence-corrected chi connectivity index (χ0v) is 17.9. The Morgan fingerprint density at radius 1 is 0.966 bits per heavy atom. The Morgan fingerprint density at radius 3 is 2.17 bits per heavy atom. The third-order valence-corrected chi connectivity index (χ3v) is 6.36. The van der Waals surface area contributed by atoms with Crippen LogP contribution in [0.3, 0.4) is 0 Å². The highest BCUT2D eigenvalue weighted by molar-refractivity contribution is 7.89. The van der Waals surface area contributed by atoms with Crippen molar-refractivity contribution in [1.29, 1.82) is 0 Å². The van der Waals surface area contributed by atoms with Gasteiger partial charge in [0.1, 0.15) is 5.82 Å². The summed E-state index contributed by atoms with van der Waals surface area (Å²) in [5, 5.41) is 2.83. The van der Waals surface area contributed by atoms with Crippen LogP contribution in [0.1, 0.15) is 18.4 Å². The molecule has 0 aliphatic heterocycles. The van der Waals surface area contributed by atoms with Gasteiger partial charge in [-0.05, 0) is 68.9 Å². The van der Waals surface area contributed by atoms with Crippen molar-refractivity contribution in [3.63, 3.8) is 0 Å². The van der Waals surface area contributed by atoms with E-state index in [2.05, 4.69) is 10.2 Å². The number of sulfonamides is 1. The van der Waals surface area contributed by atoms with Crippen LogP contribution in [-0.4, -0.2) is 57.8 Å². The van der Waals surface area contributed by atoms with Gasteiger partial charge >= 0.3 is 0 Å². The summed E-state index contributed by atoms with van der Waals surface area (Å²) in [6.07, 6.45) is 1.52. The van der Waals surface area contributed by atoms with Crippen molar-refractivity contribution in [2.45, 2.75) is 24.2 Å². The van der Waals surface area contributed by atoms with E-state index < -0.39 is 15.8 Å². The number of amides is 1. The summed E-state index contributed by atoms with van der Waals surface area (Å²) < 4.78 is 39.0. The van der Waals surface area contributed by atoms with Crippen molar-refractivity contribution in [3.8, 4) is 0 Å². The molecule has 29 heavy (non-hydrogen) atoms. The third kappa shape index (κ3) is 7.23. The van der Waals surface area contributed by atoms with Gasteiger partial charge in [-0.1, -0.05) is 12.1 Å². The van der Waals surface area contributed by atoms with Crippen LogP contribution < -0.4 is 5.32 Å². The van der Waals surface area contributed by atoms with Crippen LogP contribution in [0.2, 0.25) is 0 Å². The molecule has 1 N–H and O–H groups in total. The van der Waals surface area contributed by atoms with Crippen LogP contribution in [0.15, 0.2) is 53.4 Å². The van der Waals surface area contributed by atoms with Gasteiger partial charge in [0.2, 0.25) is 15.9 Å². The first kappa shape index (κ1) is 23.0. The van der Waals surface area contributed by atoms with Gasteiger partial charge < -0.3 is 10.2 Å². The lowest BCUT2D eigenvalue weighted by atomic mass is 10.1. The number of carbonyl (C=O) groups is 1. The number of rotatable bonds is 10. The number of hydrogen-bond acceptors (Lipinski definition) is 4. The van der Waals surface area contributed by atoms with E-state index in [1.54, 1.807) is 0 Å². The van der Waals surface area contributed by atoms with Crippen LogP contribution >= 0.6 is 0 Å². The first-order chi connectivity index (χ1) is 13.7. The average molecular weight is 422 g/mol. The Labute approximate surface area is 172 Å². The normalized spacial score (nSPS) is 11.8. The Kier molecular flexibility index (Phi) is 8.31. The minimum Gasteiger partial charge on any atom is -0.326 e. The second kappa shape index (κ2) is 10.5. The number of halogens is 1. The molecule has 158 valence electrons. The van der Waals surface area contributed by atoms with Gasteiger partial charge in [0.25, 0.3) is 0 Å². The topological polar surface area (TPSA) is 69.7 Å². The summed E-state index contributed by atoms with van der Waals surface area (Å²) >= 11 is 0. The van der Waals surface area contributed by atoms with Gasteiger partial charge in [0.05, 0.1) is 4.90 Å². The van der Waals surface area contributed by atoms with Gasteiger partial charge in [0.15, 0.2) is 0 Å². The van der Waals surface area contributed by atoms with Gasteiger partial charge in [-0.2, -0.15) is 0 Å². The van der Waals surface area contributed by atoms with Gasteiger partial charge in [0, 0.05) is 32.2 Å². The SMILES string of the molecule is CN(C)CCc1ccc(NC(=O)CCCN(C)S(=O)(=O)c2ccc(F)cc2)cc1. The van der Waals surface area contributed by atoms with Crippen LogP contribution in [0.5, 0.6) is 0 Å². The van der Waals surface area contributed by atoms with Crippen molar-refractivity contribution in [1.82, 2.24) is 9.21 Å². The average Bonchev–Trinajstić information content (AvgIpc) is 2.67. The fourth-order valence-corrected chi connectivity index (χ4v) is 3.91. The summed E-state index contributed by atoms with van der Waals surface area (Å²) in [6, 6.07) is 12.4. The number of anilines is 1. The summed E-state index contributed by atoms with van der Waals surface area (Å²) in [6.45, 7) is 1.15. The fourth-order valence-electron chi connectivity index (χ4n) is 2.70. The first-order valence-corrected chi connectivity index (χ1v) is 10.9. The van der Waals surface area contributed by atoms with Crippen LogP contribution in [0, 0.1) is 5.82 Å². The predicted octanol–water partition coefficient (Wildman–Crippen LogP) is 2.97. The van der Waals surface area contributed by atoms with Gasteiger partial charge in [-0.25, -0.2) is 17.1 Å². The molecule has 1 amide bonds. The molecule has 0 aliphatic carbocycles. The second-order valence-corrected chi connectivity index (χ2v) is 9.23. The highest BCUT2D eigenvalue weighted by Crippen LogP contribution is 2.16. The first-order valence-electron chi connectivity index (χ1n) is 9.44. The quantitative estimate of drug-likeness (QED) is 0.640. The molecule has 0 heterocycles. The minimum absolute atomic E-state index is 0.0280. The van der Waals surface area contributed by atoms with E-state index in [1.807, 2.05) is 38.4 Å². The van der Waals surface area contributed by atoms with E-state index in [9.17, 15) is 17.6 Å². The summed E-state index contributed by atoms with van der Waals surface area (Å²) in [4.78, 5) is 14.3. The van der Waals surface area contributed by atoms with Crippen LogP contribution in [0.25, 0.3) is 0 Å². The summed E-state index contributed by atoms with van der Waals surface area (Å²) in [5.41, 5.74) is 1.92. The molecule has 0 aromatic heterocycles. The van der Waals surface area contributed by atoms with Crippen molar-refractivity contribution >= 4 is 21.6 Å². The van der Waals surface area contributed by atoms with Crippen LogP contribution in [-0.2, 0) is 21.2 Å². The lowest BCUT2D eigenvalue weighted by Gasteiger charge is -2.17. The molecule has 0 saturated carbocycles. The Hall–Kier alpha value is -2.29. The van der Waals surface area contributed by atoms with Crippen molar-refractivity contribution in [2.75, 3.05) is 39.5 Å². The number of nitrogens with zero attached hydrogens (tertiary/aromatic N) is 2. The third-order valence-electron chi connectivity index (χ3n) is 4.48. The molecule has 0 spiro atoms. The van der Waals surface area contributed by atoms with Crippen LogP contribution in [0.4, 0.5) is 10.1 Å². The minimum atomic E-state index is -3.70. The standard InChI is InChI=1S/C21H28FN3O3S/c1-24(2)16-14-17-6-10-19(11-7-17)23-21(26)5-4-15-25(3)29(27,28)20-12-8-18(22)9-13-20/h6-13H,4-5,14-16H2,1-3H3,(H,23,26). The van der Waals surface area contributed by atoms with E-state index in [0.717, 1.165) is 30.8 Å². The van der Waals surface area contributed by atoms with Crippen molar-refractivity contribution in [2.24, 2.45) is 0 Å². The molecule has 0 saturated heterocycles. The monoisotopic (exact) mass is 421 g/mol. The molecule has 6 nitrogen and oxygen atoms in total. The molecule has 2 aromatic rings. The summed E-state index contributed by atoms with van der Waals surface area (Å²) in [5.74, 6) is -0.660. The molecule has 8 heteroatoms. The Balaban J connectivity index is 1.79. The van der Waals surface area contributed by atoms with Crippen molar-refractivity contribution in [3.05, 3.63) is 59.9 Å². The second-order valence-electron chi connectivity index (χ2n) is 7.18. The maximum Gasteiger partial charge on any atom is 0.242 e. The van der Waals surface area contributed by atoms with E-state index >= 15 is 0 Å². The smallest absolute Gasteiger partial charge is 0.242 e. The number of hydrogen-bond donors (Lipinski definition) is 1. The largest absolute Gasteiger partial charge is 0.326 e. The lowest BCUT2D eigenvalue weighted by Crippen LogP contribution is -2.28. The zero-order chi connectivity index (χ0) is 21.4. The number of carbonyl (C=O) groups excluding carboxylic acids is 1. The molecule has 0 fully saturated rings. The summed E-state index contributed by atoms with van der Waals surface area (Å²) in [7, 11) is 1.80. The predicted molar refractivity (Wildman–Crippen MR) is 113 cm³/mol. The molecular formula is C21H28FN3O3S. The molecule has 2 aromatic carbocycles. The zero-order valence-electron chi connectivity index (χ0n) is 17.1. The molecule has 2 rings (SSSR count). The van der Waals surface area contributed by atoms with E-state index in [-0.39, 0.29) is 23.8 Å². The highest BCUT2D eigenvalue weighted by atomic mass is 32.2. The Morgan fingerprint density at radius 2 is 1.59 bits per heavy atom. The van der Waals surface area contributed by atoms with Gasteiger partial charge in [-0.15, -0.1) is 0 Å². The van der Waals surface area contributed by atoms with E-state index in [1.165, 1.54) is 29.0 Å². The Bertz CT molecular complexity index is 898. The molecule has 0 bridgehead atoms. The van der Waals surface area contributed by atoms with Gasteiger partial charge in [-0.3, -0.25) is 4.79 Å². The number of nitrogens with one attached hydrogen (secondary N) is 1.